The molecule has 2 nitrogen and oxygen atoms in total. The third-order valence-corrected chi connectivity index (χ3v) is 3.62. The number of aryl methyl sites for hydroxylation is 1. The standard InChI is InChI=1S/C14H16INO/c1-11(8-9-12-5-4-10-17-12)16-14-7-3-2-6-13(14)15/h2-7,10-11,16H,8-9H2,1H3. The van der Waals surface area contributed by atoms with Gasteiger partial charge in [0.25, 0.3) is 0 Å². The van der Waals surface area contributed by atoms with E-state index in [9.17, 15) is 0 Å². The van der Waals surface area contributed by atoms with E-state index in [2.05, 4.69) is 59.1 Å². The van der Waals surface area contributed by atoms with Gasteiger partial charge in [-0.3, -0.25) is 0 Å². The number of furan rings is 1. The zero-order valence-electron chi connectivity index (χ0n) is 9.82. The predicted molar refractivity (Wildman–Crippen MR) is 79.3 cm³/mol. The van der Waals surface area contributed by atoms with Crippen LogP contribution in [0.25, 0.3) is 0 Å². The minimum Gasteiger partial charge on any atom is -0.469 e. The number of anilines is 1. The van der Waals surface area contributed by atoms with Gasteiger partial charge in [-0.1, -0.05) is 12.1 Å². The van der Waals surface area contributed by atoms with Crippen LogP contribution in [0.4, 0.5) is 5.69 Å². The first kappa shape index (κ1) is 12.5. The van der Waals surface area contributed by atoms with Gasteiger partial charge >= 0.3 is 0 Å². The largest absolute Gasteiger partial charge is 0.469 e. The number of hydrogen-bond acceptors (Lipinski definition) is 2. The lowest BCUT2D eigenvalue weighted by Gasteiger charge is -2.15. The van der Waals surface area contributed by atoms with Crippen molar-refractivity contribution < 1.29 is 4.42 Å². The molecule has 2 rings (SSSR count). The van der Waals surface area contributed by atoms with Gasteiger partial charge in [-0.2, -0.15) is 0 Å². The van der Waals surface area contributed by atoms with E-state index in [1.165, 1.54) is 9.26 Å². The van der Waals surface area contributed by atoms with Crippen molar-refractivity contribution in [1.29, 1.82) is 0 Å². The van der Waals surface area contributed by atoms with E-state index in [1.807, 2.05) is 12.1 Å². The highest BCUT2D eigenvalue weighted by Crippen LogP contribution is 2.19. The average molecular weight is 341 g/mol. The van der Waals surface area contributed by atoms with Crippen LogP contribution in [0.15, 0.2) is 47.1 Å². The quantitative estimate of drug-likeness (QED) is 0.820. The highest BCUT2D eigenvalue weighted by molar-refractivity contribution is 14.1. The third kappa shape index (κ3) is 3.77. The summed E-state index contributed by atoms with van der Waals surface area (Å²) in [4.78, 5) is 0. The van der Waals surface area contributed by atoms with Gasteiger partial charge in [0.1, 0.15) is 5.76 Å². The van der Waals surface area contributed by atoms with Gasteiger partial charge in [0.05, 0.1) is 6.26 Å². The van der Waals surface area contributed by atoms with Gasteiger partial charge < -0.3 is 9.73 Å². The van der Waals surface area contributed by atoms with Crippen LogP contribution < -0.4 is 5.32 Å². The van der Waals surface area contributed by atoms with Crippen LogP contribution in [0.5, 0.6) is 0 Å². The molecule has 0 radical (unpaired) electrons. The first-order chi connectivity index (χ1) is 8.25. The minimum absolute atomic E-state index is 0.441. The van der Waals surface area contributed by atoms with Gasteiger partial charge in [0.2, 0.25) is 0 Å². The minimum atomic E-state index is 0.441. The van der Waals surface area contributed by atoms with E-state index in [-0.39, 0.29) is 0 Å². The Labute approximate surface area is 116 Å². The molecule has 0 aliphatic rings. The molecule has 1 N–H and O–H groups in total. The van der Waals surface area contributed by atoms with Crippen LogP contribution in [0.1, 0.15) is 19.1 Å². The van der Waals surface area contributed by atoms with E-state index in [1.54, 1.807) is 6.26 Å². The van der Waals surface area contributed by atoms with Crippen LogP contribution >= 0.6 is 22.6 Å². The molecule has 0 saturated carbocycles. The summed E-state index contributed by atoms with van der Waals surface area (Å²) in [5.41, 5.74) is 1.21. The molecule has 0 aliphatic carbocycles. The van der Waals surface area contributed by atoms with Crippen molar-refractivity contribution in [2.75, 3.05) is 5.32 Å². The summed E-state index contributed by atoms with van der Waals surface area (Å²) >= 11 is 2.35. The molecule has 0 fully saturated rings. The van der Waals surface area contributed by atoms with Gasteiger partial charge in [0.15, 0.2) is 0 Å². The lowest BCUT2D eigenvalue weighted by molar-refractivity contribution is 0.495. The van der Waals surface area contributed by atoms with Crippen LogP contribution in [0.3, 0.4) is 0 Å². The van der Waals surface area contributed by atoms with Crippen molar-refractivity contribution in [2.45, 2.75) is 25.8 Å². The topological polar surface area (TPSA) is 25.2 Å². The molecular formula is C14H16INO. The average Bonchev–Trinajstić information content (AvgIpc) is 2.82. The fourth-order valence-corrected chi connectivity index (χ4v) is 2.27. The zero-order chi connectivity index (χ0) is 12.1. The number of benzene rings is 1. The summed E-state index contributed by atoms with van der Waals surface area (Å²) < 4.78 is 6.59. The predicted octanol–water partition coefficient (Wildman–Crippen LogP) is 4.32. The Hall–Kier alpha value is -0.970. The maximum atomic E-state index is 5.33. The molecule has 2 aromatic rings. The maximum Gasteiger partial charge on any atom is 0.103 e. The molecule has 90 valence electrons. The first-order valence-corrected chi connectivity index (χ1v) is 6.87. The second-order valence-corrected chi connectivity index (χ2v) is 5.31. The second kappa shape index (κ2) is 6.10. The van der Waals surface area contributed by atoms with Gasteiger partial charge in [0, 0.05) is 21.7 Å². The van der Waals surface area contributed by atoms with Crippen molar-refractivity contribution in [1.82, 2.24) is 0 Å². The van der Waals surface area contributed by atoms with E-state index in [4.69, 9.17) is 4.42 Å². The number of nitrogens with one attached hydrogen (secondary N) is 1. The van der Waals surface area contributed by atoms with E-state index in [0.29, 0.717) is 6.04 Å². The summed E-state index contributed by atoms with van der Waals surface area (Å²) in [7, 11) is 0. The Morgan fingerprint density at radius 2 is 2.06 bits per heavy atom. The number of halogens is 1. The maximum absolute atomic E-state index is 5.33. The lowest BCUT2D eigenvalue weighted by Crippen LogP contribution is -2.16. The van der Waals surface area contributed by atoms with Crippen molar-refractivity contribution in [2.24, 2.45) is 0 Å². The van der Waals surface area contributed by atoms with E-state index in [0.717, 1.165) is 18.6 Å². The molecule has 0 saturated heterocycles. The number of para-hydroxylation sites is 1. The SMILES string of the molecule is CC(CCc1ccco1)Nc1ccccc1I. The number of rotatable bonds is 5. The summed E-state index contributed by atoms with van der Waals surface area (Å²) in [6.07, 6.45) is 3.77. The number of hydrogen-bond donors (Lipinski definition) is 1. The third-order valence-electron chi connectivity index (χ3n) is 2.68. The summed E-state index contributed by atoms with van der Waals surface area (Å²) in [5, 5.41) is 3.52. The van der Waals surface area contributed by atoms with Gasteiger partial charge in [-0.15, -0.1) is 0 Å². The van der Waals surface area contributed by atoms with Crippen LogP contribution in [0.2, 0.25) is 0 Å². The summed E-state index contributed by atoms with van der Waals surface area (Å²) in [6.45, 7) is 2.20. The van der Waals surface area contributed by atoms with Crippen molar-refractivity contribution in [3.63, 3.8) is 0 Å². The molecule has 0 aliphatic heterocycles. The molecule has 0 spiro atoms. The monoisotopic (exact) mass is 341 g/mol. The summed E-state index contributed by atoms with van der Waals surface area (Å²) in [6, 6.07) is 12.8. The summed E-state index contributed by atoms with van der Waals surface area (Å²) in [5.74, 6) is 1.06. The Morgan fingerprint density at radius 1 is 1.24 bits per heavy atom. The van der Waals surface area contributed by atoms with Crippen molar-refractivity contribution >= 4 is 28.3 Å². The van der Waals surface area contributed by atoms with Crippen LogP contribution in [-0.2, 0) is 6.42 Å². The zero-order valence-corrected chi connectivity index (χ0v) is 12.0. The van der Waals surface area contributed by atoms with Gasteiger partial charge in [-0.05, 0) is 60.2 Å². The Balaban J connectivity index is 1.85. The molecule has 1 unspecified atom stereocenters. The van der Waals surface area contributed by atoms with Crippen molar-refractivity contribution in [3.8, 4) is 0 Å². The molecule has 3 heteroatoms. The van der Waals surface area contributed by atoms with E-state index >= 15 is 0 Å². The van der Waals surface area contributed by atoms with Crippen molar-refractivity contribution in [3.05, 3.63) is 52.0 Å². The molecular weight excluding hydrogens is 325 g/mol. The fourth-order valence-electron chi connectivity index (χ4n) is 1.73. The highest BCUT2D eigenvalue weighted by Gasteiger charge is 2.05. The lowest BCUT2D eigenvalue weighted by atomic mass is 10.1. The van der Waals surface area contributed by atoms with E-state index < -0.39 is 0 Å². The molecule has 17 heavy (non-hydrogen) atoms. The molecule has 0 bridgehead atoms. The molecule has 1 aromatic heterocycles. The molecule has 1 aromatic carbocycles. The van der Waals surface area contributed by atoms with Crippen LogP contribution in [0, 0.1) is 3.57 Å². The fraction of sp³-hybridized carbons (Fsp3) is 0.286. The second-order valence-electron chi connectivity index (χ2n) is 4.14. The first-order valence-electron chi connectivity index (χ1n) is 5.79. The van der Waals surface area contributed by atoms with Gasteiger partial charge in [-0.25, -0.2) is 0 Å². The molecule has 1 atom stereocenters. The highest BCUT2D eigenvalue weighted by atomic mass is 127. The molecule has 1 heterocycles. The molecule has 0 amide bonds. The Morgan fingerprint density at radius 3 is 2.76 bits per heavy atom. The Bertz CT molecular complexity index is 453. The smallest absolute Gasteiger partial charge is 0.103 e. The normalized spacial score (nSPS) is 12.4. The van der Waals surface area contributed by atoms with Crippen LogP contribution in [-0.4, -0.2) is 6.04 Å². The Kier molecular flexibility index (Phi) is 4.48.